The van der Waals surface area contributed by atoms with Gasteiger partial charge in [0.2, 0.25) is 17.7 Å². The second-order valence-electron chi connectivity index (χ2n) is 8.86. The van der Waals surface area contributed by atoms with Crippen LogP contribution in [0, 0.1) is 6.92 Å². The van der Waals surface area contributed by atoms with E-state index in [-0.39, 0.29) is 37.2 Å². The van der Waals surface area contributed by atoms with E-state index in [4.69, 9.17) is 4.74 Å². The molecule has 36 heavy (non-hydrogen) atoms. The smallest absolute Gasteiger partial charge is 0.285 e. The molecule has 1 amide bonds. The van der Waals surface area contributed by atoms with Gasteiger partial charge in [0.1, 0.15) is 18.0 Å². The Morgan fingerprint density at radius 1 is 1.28 bits per heavy atom. The third kappa shape index (κ3) is 4.10. The molecular weight excluding hydrogens is 475 g/mol. The molecule has 0 aliphatic carbocycles. The molecule has 1 fully saturated rings. The number of carbonyl (C=O) groups is 1. The Balaban J connectivity index is 1.50. The Labute approximate surface area is 204 Å². The van der Waals surface area contributed by atoms with Crippen LogP contribution in [-0.4, -0.2) is 73.8 Å². The number of alkyl halides is 3. The lowest BCUT2D eigenvalue weighted by Gasteiger charge is -2.38. The standard InChI is InChI=1S/C24H26F3N7O2/c1-14-28-18-5-4-16(12-19(18)33(14)11-8-25)17-6-10-34-21(17)22(36-3)30-23(31-34)29-20-7-9-32(15(2)35)13-24(20,26)27/h4-6,10,12,20H,7-9,11,13H2,1-3H3,(H,29,31)/t20-/m1/s1. The second-order valence-corrected chi connectivity index (χ2v) is 8.86. The van der Waals surface area contributed by atoms with Gasteiger partial charge in [-0.3, -0.25) is 4.79 Å². The summed E-state index contributed by atoms with van der Waals surface area (Å²) in [6, 6.07) is 6.30. The lowest BCUT2D eigenvalue weighted by atomic mass is 10.0. The highest BCUT2D eigenvalue weighted by Gasteiger charge is 2.45. The Kier molecular flexibility index (Phi) is 5.97. The fourth-order valence-corrected chi connectivity index (χ4v) is 4.75. The van der Waals surface area contributed by atoms with Crippen molar-refractivity contribution in [1.82, 2.24) is 29.0 Å². The molecule has 1 saturated heterocycles. The molecule has 3 aromatic heterocycles. The Hall–Kier alpha value is -3.83. The predicted molar refractivity (Wildman–Crippen MR) is 128 cm³/mol. The highest BCUT2D eigenvalue weighted by molar-refractivity contribution is 5.90. The quantitative estimate of drug-likeness (QED) is 0.434. The molecule has 1 aliphatic rings. The molecule has 0 unspecified atom stereocenters. The summed E-state index contributed by atoms with van der Waals surface area (Å²) >= 11 is 0. The lowest BCUT2D eigenvalue weighted by molar-refractivity contribution is -0.140. The van der Waals surface area contributed by atoms with Crippen LogP contribution in [0.1, 0.15) is 19.2 Å². The number of nitrogens with one attached hydrogen (secondary N) is 1. The van der Waals surface area contributed by atoms with Crippen molar-refractivity contribution >= 4 is 28.4 Å². The monoisotopic (exact) mass is 501 g/mol. The van der Waals surface area contributed by atoms with Crippen molar-refractivity contribution in [1.29, 1.82) is 0 Å². The van der Waals surface area contributed by atoms with Crippen molar-refractivity contribution in [3.8, 4) is 17.0 Å². The fraction of sp³-hybridized carbons (Fsp3) is 0.417. The number of aromatic nitrogens is 5. The number of carbonyl (C=O) groups excluding carboxylic acids is 1. The minimum atomic E-state index is -3.15. The molecule has 0 bridgehead atoms. The molecule has 1 N–H and O–H groups in total. The molecule has 1 aromatic carbocycles. The van der Waals surface area contributed by atoms with E-state index in [1.807, 2.05) is 35.8 Å². The van der Waals surface area contributed by atoms with E-state index in [1.165, 1.54) is 18.5 Å². The summed E-state index contributed by atoms with van der Waals surface area (Å²) in [6.07, 6.45) is 1.75. The van der Waals surface area contributed by atoms with Crippen molar-refractivity contribution in [2.75, 3.05) is 32.2 Å². The van der Waals surface area contributed by atoms with E-state index in [0.717, 1.165) is 32.9 Å². The molecular formula is C24H26F3N7O2. The van der Waals surface area contributed by atoms with E-state index in [9.17, 15) is 18.0 Å². The molecule has 0 spiro atoms. The third-order valence-corrected chi connectivity index (χ3v) is 6.58. The van der Waals surface area contributed by atoms with Gasteiger partial charge < -0.3 is 19.5 Å². The predicted octanol–water partition coefficient (Wildman–Crippen LogP) is 3.70. The van der Waals surface area contributed by atoms with Crippen LogP contribution in [0.25, 0.3) is 27.7 Å². The molecule has 190 valence electrons. The number of anilines is 1. The number of benzene rings is 1. The number of aryl methyl sites for hydroxylation is 2. The van der Waals surface area contributed by atoms with Crippen LogP contribution in [0.15, 0.2) is 30.5 Å². The number of fused-ring (bicyclic) bond motifs is 2. The van der Waals surface area contributed by atoms with Crippen LogP contribution in [0.4, 0.5) is 19.1 Å². The van der Waals surface area contributed by atoms with E-state index in [0.29, 0.717) is 5.52 Å². The number of rotatable bonds is 6. The van der Waals surface area contributed by atoms with Gasteiger partial charge in [-0.05, 0) is 37.1 Å². The number of imidazole rings is 1. The normalized spacial score (nSPS) is 17.6. The SMILES string of the molecule is COc1nc(N[C@@H]2CCN(C(C)=O)CC2(F)F)nn2ccc(-c3ccc4nc(C)n(CCF)c4c3)c12. The van der Waals surface area contributed by atoms with Crippen LogP contribution in [0.5, 0.6) is 5.88 Å². The van der Waals surface area contributed by atoms with Crippen molar-refractivity contribution in [3.05, 3.63) is 36.3 Å². The van der Waals surface area contributed by atoms with Gasteiger partial charge in [0.25, 0.3) is 5.92 Å². The van der Waals surface area contributed by atoms with Crippen LogP contribution in [-0.2, 0) is 11.3 Å². The topological polar surface area (TPSA) is 89.6 Å². The Morgan fingerprint density at radius 3 is 2.78 bits per heavy atom. The van der Waals surface area contributed by atoms with Crippen molar-refractivity contribution in [2.45, 2.75) is 38.8 Å². The Bertz CT molecular complexity index is 1450. The molecule has 9 nitrogen and oxygen atoms in total. The van der Waals surface area contributed by atoms with Crippen LogP contribution in [0.2, 0.25) is 0 Å². The highest BCUT2D eigenvalue weighted by Crippen LogP contribution is 2.34. The number of methoxy groups -OCH3 is 1. The summed E-state index contributed by atoms with van der Waals surface area (Å²) in [4.78, 5) is 21.5. The van der Waals surface area contributed by atoms with Gasteiger partial charge in [0.15, 0.2) is 0 Å². The van der Waals surface area contributed by atoms with Gasteiger partial charge in [-0.25, -0.2) is 22.7 Å². The average molecular weight is 502 g/mol. The number of ether oxygens (including phenoxy) is 1. The zero-order chi connectivity index (χ0) is 25.6. The van der Waals surface area contributed by atoms with E-state index >= 15 is 0 Å². The lowest BCUT2D eigenvalue weighted by Crippen LogP contribution is -2.55. The summed E-state index contributed by atoms with van der Waals surface area (Å²) in [5.41, 5.74) is 3.73. The van der Waals surface area contributed by atoms with Crippen molar-refractivity contribution in [3.63, 3.8) is 0 Å². The number of hydrogen-bond donors (Lipinski definition) is 1. The minimum absolute atomic E-state index is 0.00505. The van der Waals surface area contributed by atoms with Gasteiger partial charge in [-0.2, -0.15) is 4.98 Å². The van der Waals surface area contributed by atoms with E-state index in [2.05, 4.69) is 20.4 Å². The molecule has 5 rings (SSSR count). The minimum Gasteiger partial charge on any atom is -0.479 e. The first-order chi connectivity index (χ1) is 17.2. The second kappa shape index (κ2) is 8.99. The molecule has 0 saturated carbocycles. The zero-order valence-electron chi connectivity index (χ0n) is 20.1. The summed E-state index contributed by atoms with van der Waals surface area (Å²) < 4.78 is 51.4. The Morgan fingerprint density at radius 2 is 2.08 bits per heavy atom. The van der Waals surface area contributed by atoms with Gasteiger partial charge in [0, 0.05) is 25.2 Å². The number of piperidine rings is 1. The summed E-state index contributed by atoms with van der Waals surface area (Å²) in [5.74, 6) is -2.59. The van der Waals surface area contributed by atoms with Crippen molar-refractivity contribution in [2.24, 2.45) is 0 Å². The van der Waals surface area contributed by atoms with E-state index in [1.54, 1.807) is 6.20 Å². The first kappa shape index (κ1) is 23.9. The zero-order valence-corrected chi connectivity index (χ0v) is 20.1. The van der Waals surface area contributed by atoms with E-state index < -0.39 is 25.2 Å². The van der Waals surface area contributed by atoms with Crippen molar-refractivity contribution < 1.29 is 22.7 Å². The number of amides is 1. The first-order valence-electron chi connectivity index (χ1n) is 11.6. The molecule has 4 aromatic rings. The number of halogens is 3. The highest BCUT2D eigenvalue weighted by atomic mass is 19.3. The maximum atomic E-state index is 14.7. The van der Waals surface area contributed by atoms with Gasteiger partial charge in [0.05, 0.1) is 37.3 Å². The molecule has 1 atom stereocenters. The third-order valence-electron chi connectivity index (χ3n) is 6.58. The maximum absolute atomic E-state index is 14.7. The fourth-order valence-electron chi connectivity index (χ4n) is 4.75. The van der Waals surface area contributed by atoms with Gasteiger partial charge in [-0.15, -0.1) is 5.10 Å². The van der Waals surface area contributed by atoms with Crippen LogP contribution >= 0.6 is 0 Å². The maximum Gasteiger partial charge on any atom is 0.285 e. The molecule has 1 aliphatic heterocycles. The molecule has 4 heterocycles. The largest absolute Gasteiger partial charge is 0.479 e. The van der Waals surface area contributed by atoms with Crippen LogP contribution < -0.4 is 10.1 Å². The summed E-state index contributed by atoms with van der Waals surface area (Å²) in [5, 5.41) is 7.13. The summed E-state index contributed by atoms with van der Waals surface area (Å²) in [7, 11) is 1.45. The molecule has 0 radical (unpaired) electrons. The van der Waals surface area contributed by atoms with Gasteiger partial charge >= 0.3 is 0 Å². The summed E-state index contributed by atoms with van der Waals surface area (Å²) in [6.45, 7) is 2.38. The van der Waals surface area contributed by atoms with Crippen LogP contribution in [0.3, 0.4) is 0 Å². The average Bonchev–Trinajstić information content (AvgIpc) is 3.40. The number of hydrogen-bond acceptors (Lipinski definition) is 6. The number of likely N-dealkylation sites (tertiary alicyclic amines) is 1. The van der Waals surface area contributed by atoms with Gasteiger partial charge in [-0.1, -0.05) is 6.07 Å². The first-order valence-corrected chi connectivity index (χ1v) is 11.6. The number of nitrogens with zero attached hydrogens (tertiary/aromatic N) is 6. The molecule has 12 heteroatoms.